The van der Waals surface area contributed by atoms with Crippen molar-refractivity contribution in [3.63, 3.8) is 0 Å². The summed E-state index contributed by atoms with van der Waals surface area (Å²) in [5, 5.41) is 5.14. The Balaban J connectivity index is 2.01. The van der Waals surface area contributed by atoms with Crippen LogP contribution in [-0.4, -0.2) is 32.2 Å². The highest BCUT2D eigenvalue weighted by molar-refractivity contribution is 6.39. The highest BCUT2D eigenvalue weighted by atomic mass is 35.5. The summed E-state index contributed by atoms with van der Waals surface area (Å²) in [7, 11) is 2.93. The molecule has 0 atom stereocenters. The molecule has 0 unspecified atom stereocenters. The number of rotatable bonds is 5. The largest absolute Gasteiger partial charge is 0.493 e. The second-order valence-electron chi connectivity index (χ2n) is 5.46. The van der Waals surface area contributed by atoms with Crippen molar-refractivity contribution >= 4 is 35.3 Å². The van der Waals surface area contributed by atoms with Crippen molar-refractivity contribution in [2.24, 2.45) is 5.10 Å². The van der Waals surface area contributed by atoms with E-state index in [2.05, 4.69) is 5.10 Å². The molecule has 154 valence electrons. The smallest absolute Gasteiger partial charge is 0.417 e. The number of methoxy groups -OCH3 is 2. The van der Waals surface area contributed by atoms with E-state index in [9.17, 15) is 22.8 Å². The molecule has 2 amide bonds. The molecule has 0 aliphatic heterocycles. The summed E-state index contributed by atoms with van der Waals surface area (Å²) in [5.41, 5.74) is 1.13. The zero-order valence-corrected chi connectivity index (χ0v) is 15.9. The second kappa shape index (κ2) is 9.28. The Morgan fingerprint density at radius 2 is 1.72 bits per heavy atom. The van der Waals surface area contributed by atoms with E-state index in [0.717, 1.165) is 12.1 Å². The van der Waals surface area contributed by atoms with E-state index in [4.69, 9.17) is 21.1 Å². The number of benzene rings is 2. The normalized spacial score (nSPS) is 11.2. The van der Waals surface area contributed by atoms with Crippen molar-refractivity contribution in [1.29, 1.82) is 0 Å². The van der Waals surface area contributed by atoms with Gasteiger partial charge in [-0.25, -0.2) is 5.43 Å². The standard InChI is InChI=1S/C18H15ClF3N3O4/c1-28-14-6-3-10(7-15(14)29-2)9-23-25-17(27)16(26)24-11-4-5-13(19)12(8-11)18(20,21)22/h3-9H,1-2H3,(H,24,26)(H,25,27)/b23-9-. The van der Waals surface area contributed by atoms with Crippen LogP contribution in [0.15, 0.2) is 41.5 Å². The van der Waals surface area contributed by atoms with Crippen LogP contribution in [0, 0.1) is 0 Å². The van der Waals surface area contributed by atoms with Gasteiger partial charge in [0, 0.05) is 5.69 Å². The zero-order chi connectivity index (χ0) is 21.6. The van der Waals surface area contributed by atoms with Gasteiger partial charge in [-0.3, -0.25) is 9.59 Å². The van der Waals surface area contributed by atoms with Crippen LogP contribution in [0.25, 0.3) is 0 Å². The summed E-state index contributed by atoms with van der Waals surface area (Å²) in [6.45, 7) is 0. The Hall–Kier alpha value is -3.27. The van der Waals surface area contributed by atoms with Crippen molar-refractivity contribution in [1.82, 2.24) is 5.43 Å². The van der Waals surface area contributed by atoms with Crippen LogP contribution >= 0.6 is 11.6 Å². The molecule has 0 radical (unpaired) electrons. The number of hydrazone groups is 1. The second-order valence-corrected chi connectivity index (χ2v) is 5.87. The van der Waals surface area contributed by atoms with Gasteiger partial charge in [-0.1, -0.05) is 11.6 Å². The van der Waals surface area contributed by atoms with E-state index in [1.165, 1.54) is 20.4 Å². The van der Waals surface area contributed by atoms with Crippen molar-refractivity contribution in [2.75, 3.05) is 19.5 Å². The van der Waals surface area contributed by atoms with Gasteiger partial charge in [0.05, 0.1) is 31.0 Å². The summed E-state index contributed by atoms with van der Waals surface area (Å²) >= 11 is 5.50. The summed E-state index contributed by atoms with van der Waals surface area (Å²) < 4.78 is 48.7. The Kier molecular flexibility index (Phi) is 7.05. The third-order valence-corrected chi connectivity index (χ3v) is 3.85. The molecule has 29 heavy (non-hydrogen) atoms. The maximum absolute atomic E-state index is 12.8. The summed E-state index contributed by atoms with van der Waals surface area (Å²) in [6, 6.07) is 7.56. The monoisotopic (exact) mass is 429 g/mol. The van der Waals surface area contributed by atoms with Crippen LogP contribution in [-0.2, 0) is 15.8 Å². The fourth-order valence-electron chi connectivity index (χ4n) is 2.16. The highest BCUT2D eigenvalue weighted by Gasteiger charge is 2.33. The van der Waals surface area contributed by atoms with Gasteiger partial charge in [-0.15, -0.1) is 0 Å². The van der Waals surface area contributed by atoms with Gasteiger partial charge in [-0.2, -0.15) is 18.3 Å². The number of alkyl halides is 3. The molecule has 0 aromatic heterocycles. The molecule has 0 fully saturated rings. The number of carbonyl (C=O) groups is 2. The number of amides is 2. The first-order valence-electron chi connectivity index (χ1n) is 7.89. The van der Waals surface area contributed by atoms with Gasteiger partial charge in [0.2, 0.25) is 0 Å². The minimum atomic E-state index is -4.70. The molecule has 11 heteroatoms. The lowest BCUT2D eigenvalue weighted by Crippen LogP contribution is -2.32. The summed E-state index contributed by atoms with van der Waals surface area (Å²) in [5.74, 6) is -1.45. The molecule has 7 nitrogen and oxygen atoms in total. The summed E-state index contributed by atoms with van der Waals surface area (Å²) in [4.78, 5) is 23.6. The third kappa shape index (κ3) is 5.85. The molecule has 2 aromatic rings. The molecule has 0 aliphatic rings. The van der Waals surface area contributed by atoms with Crippen LogP contribution < -0.4 is 20.2 Å². The number of halogens is 4. The fourth-order valence-corrected chi connectivity index (χ4v) is 2.38. The zero-order valence-electron chi connectivity index (χ0n) is 15.1. The first kappa shape index (κ1) is 22.0. The van der Waals surface area contributed by atoms with Crippen LogP contribution in [0.4, 0.5) is 18.9 Å². The Labute approximate surface area is 168 Å². The molecular weight excluding hydrogens is 415 g/mol. The quantitative estimate of drug-likeness (QED) is 0.433. The van der Waals surface area contributed by atoms with E-state index < -0.39 is 28.6 Å². The van der Waals surface area contributed by atoms with Crippen molar-refractivity contribution in [2.45, 2.75) is 6.18 Å². The summed E-state index contributed by atoms with van der Waals surface area (Å²) in [6.07, 6.45) is -3.46. The SMILES string of the molecule is COc1ccc(/C=N\NC(=O)C(=O)Nc2ccc(Cl)c(C(F)(F)F)c2)cc1OC. The van der Waals surface area contributed by atoms with E-state index in [1.807, 2.05) is 10.7 Å². The molecule has 2 aromatic carbocycles. The van der Waals surface area contributed by atoms with E-state index in [1.54, 1.807) is 18.2 Å². The molecule has 2 rings (SSSR count). The van der Waals surface area contributed by atoms with E-state index >= 15 is 0 Å². The van der Waals surface area contributed by atoms with Gasteiger partial charge in [0.25, 0.3) is 0 Å². The maximum atomic E-state index is 12.8. The Morgan fingerprint density at radius 1 is 1.03 bits per heavy atom. The number of hydrogen-bond donors (Lipinski definition) is 2. The lowest BCUT2D eigenvalue weighted by atomic mass is 10.2. The van der Waals surface area contributed by atoms with Crippen LogP contribution in [0.1, 0.15) is 11.1 Å². The predicted molar refractivity (Wildman–Crippen MR) is 100 cm³/mol. The van der Waals surface area contributed by atoms with Crippen molar-refractivity contribution in [3.05, 3.63) is 52.5 Å². The number of hydrogen-bond acceptors (Lipinski definition) is 5. The van der Waals surface area contributed by atoms with Crippen LogP contribution in [0.5, 0.6) is 11.5 Å². The highest BCUT2D eigenvalue weighted by Crippen LogP contribution is 2.36. The topological polar surface area (TPSA) is 89.0 Å². The number of ether oxygens (including phenoxy) is 2. The minimum absolute atomic E-state index is 0.245. The Bertz CT molecular complexity index is 948. The van der Waals surface area contributed by atoms with Gasteiger partial charge < -0.3 is 14.8 Å². The number of anilines is 1. The molecule has 0 aliphatic carbocycles. The molecule has 0 spiro atoms. The minimum Gasteiger partial charge on any atom is -0.493 e. The van der Waals surface area contributed by atoms with E-state index in [-0.39, 0.29) is 5.69 Å². The predicted octanol–water partition coefficient (Wildman–Crippen LogP) is 3.46. The maximum Gasteiger partial charge on any atom is 0.417 e. The first-order chi connectivity index (χ1) is 13.7. The average molecular weight is 430 g/mol. The molecule has 0 saturated carbocycles. The van der Waals surface area contributed by atoms with Gasteiger partial charge in [0.1, 0.15) is 0 Å². The Morgan fingerprint density at radius 3 is 2.34 bits per heavy atom. The molecule has 0 saturated heterocycles. The third-order valence-electron chi connectivity index (χ3n) is 3.52. The molecule has 0 heterocycles. The van der Waals surface area contributed by atoms with Gasteiger partial charge in [0.15, 0.2) is 11.5 Å². The number of carbonyl (C=O) groups excluding carboxylic acids is 2. The lowest BCUT2D eigenvalue weighted by Gasteiger charge is -2.11. The van der Waals surface area contributed by atoms with Gasteiger partial charge in [-0.05, 0) is 42.0 Å². The first-order valence-corrected chi connectivity index (χ1v) is 8.26. The van der Waals surface area contributed by atoms with Crippen LogP contribution in [0.3, 0.4) is 0 Å². The molecule has 2 N–H and O–H groups in total. The number of nitrogens with one attached hydrogen (secondary N) is 2. The average Bonchev–Trinajstić information content (AvgIpc) is 2.68. The molecular formula is C18H15ClF3N3O4. The van der Waals surface area contributed by atoms with Gasteiger partial charge >= 0.3 is 18.0 Å². The van der Waals surface area contributed by atoms with Crippen molar-refractivity contribution in [3.8, 4) is 11.5 Å². The number of nitrogens with zero attached hydrogens (tertiary/aromatic N) is 1. The van der Waals surface area contributed by atoms with Crippen molar-refractivity contribution < 1.29 is 32.2 Å². The van der Waals surface area contributed by atoms with E-state index in [0.29, 0.717) is 23.1 Å². The van der Waals surface area contributed by atoms with Crippen LogP contribution in [0.2, 0.25) is 5.02 Å². The fraction of sp³-hybridized carbons (Fsp3) is 0.167. The molecule has 0 bridgehead atoms. The lowest BCUT2D eigenvalue weighted by molar-refractivity contribution is -0.137.